The van der Waals surface area contributed by atoms with E-state index >= 15 is 0 Å². The molecule has 8 aromatic carbocycles. The molecule has 0 spiro atoms. The van der Waals surface area contributed by atoms with Crippen LogP contribution in [-0.4, -0.2) is 9.97 Å². The second kappa shape index (κ2) is 13.2. The summed E-state index contributed by atoms with van der Waals surface area (Å²) in [5, 5.41) is 2.52. The molecule has 1 heterocycles. The van der Waals surface area contributed by atoms with Crippen LogP contribution in [0.5, 0.6) is 0 Å². The van der Waals surface area contributed by atoms with Crippen molar-refractivity contribution < 1.29 is 0 Å². The fraction of sp³-hybridized carbons (Fsp3) is 0.0566. The van der Waals surface area contributed by atoms with Gasteiger partial charge >= 0.3 is 0 Å². The summed E-state index contributed by atoms with van der Waals surface area (Å²) < 4.78 is 0. The largest absolute Gasteiger partial charge is 0.228 e. The minimum Gasteiger partial charge on any atom is -0.228 e. The highest BCUT2D eigenvalue weighted by Crippen LogP contribution is 2.52. The molecule has 0 fully saturated rings. The molecule has 0 amide bonds. The molecule has 2 nitrogen and oxygen atoms in total. The van der Waals surface area contributed by atoms with Crippen LogP contribution in [0.4, 0.5) is 0 Å². The van der Waals surface area contributed by atoms with E-state index in [0.717, 1.165) is 39.5 Å². The summed E-state index contributed by atoms with van der Waals surface area (Å²) in [7, 11) is 0. The Morgan fingerprint density at radius 1 is 0.327 bits per heavy atom. The number of hydrogen-bond donors (Lipinski definition) is 0. The van der Waals surface area contributed by atoms with Crippen LogP contribution < -0.4 is 0 Å². The summed E-state index contributed by atoms with van der Waals surface area (Å²) in [5.74, 6) is 0.721. The van der Waals surface area contributed by atoms with Gasteiger partial charge in [0.2, 0.25) is 0 Å². The van der Waals surface area contributed by atoms with Crippen molar-refractivity contribution in [3.63, 3.8) is 0 Å². The van der Waals surface area contributed by atoms with Crippen molar-refractivity contribution in [3.8, 4) is 78.4 Å². The minimum atomic E-state index is -0.0902. The smallest absolute Gasteiger partial charge is 0.160 e. The standard InChI is InChI=1S/C53H38N2/c1-53(2)48-23-12-11-21-44(48)47-32-46(43-22-13-19-37-14-9-10-20-42(37)43)45(33-49(47)53)38-28-24-35(25-29-38)36-26-30-40(31-27-36)51-34-50(39-15-5-3-6-16-39)54-52(55-51)41-17-7-4-8-18-41/h3-34H,1-2H3. The molecule has 55 heavy (non-hydrogen) atoms. The molecule has 0 N–H and O–H groups in total. The lowest BCUT2D eigenvalue weighted by Crippen LogP contribution is -2.15. The van der Waals surface area contributed by atoms with E-state index in [1.54, 1.807) is 0 Å². The molecule has 0 bridgehead atoms. The lowest BCUT2D eigenvalue weighted by atomic mass is 9.80. The zero-order chi connectivity index (χ0) is 36.9. The zero-order valence-corrected chi connectivity index (χ0v) is 30.9. The average molecular weight is 703 g/mol. The maximum atomic E-state index is 5.04. The number of nitrogens with zero attached hydrogens (tertiary/aromatic N) is 2. The van der Waals surface area contributed by atoms with Gasteiger partial charge in [0.15, 0.2) is 5.82 Å². The summed E-state index contributed by atoms with van der Waals surface area (Å²) in [6.07, 6.45) is 0. The Balaban J connectivity index is 1.04. The Morgan fingerprint density at radius 3 is 1.56 bits per heavy atom. The molecule has 0 radical (unpaired) electrons. The summed E-state index contributed by atoms with van der Waals surface area (Å²) in [6.45, 7) is 4.72. The van der Waals surface area contributed by atoms with E-state index in [4.69, 9.17) is 9.97 Å². The fourth-order valence-corrected chi connectivity index (χ4v) is 8.41. The third kappa shape index (κ3) is 5.75. The second-order valence-electron chi connectivity index (χ2n) is 15.0. The Kier molecular flexibility index (Phi) is 7.85. The third-order valence-corrected chi connectivity index (χ3v) is 11.3. The number of fused-ring (bicyclic) bond motifs is 4. The normalized spacial score (nSPS) is 12.7. The van der Waals surface area contributed by atoms with Crippen molar-refractivity contribution in [1.29, 1.82) is 0 Å². The lowest BCUT2D eigenvalue weighted by molar-refractivity contribution is 0.660. The average Bonchev–Trinajstić information content (AvgIpc) is 3.48. The summed E-state index contributed by atoms with van der Waals surface area (Å²) in [4.78, 5) is 10.0. The van der Waals surface area contributed by atoms with Crippen molar-refractivity contribution in [2.45, 2.75) is 19.3 Å². The SMILES string of the molecule is CC1(C)c2ccccc2-c2cc(-c3cccc4ccccc34)c(-c3ccc(-c4ccc(-c5cc(-c6ccccc6)nc(-c6ccccc6)n5)cc4)cc3)cc21. The highest BCUT2D eigenvalue weighted by molar-refractivity contribution is 6.02. The van der Waals surface area contributed by atoms with Gasteiger partial charge in [-0.05, 0) is 84.6 Å². The van der Waals surface area contributed by atoms with Gasteiger partial charge in [-0.15, -0.1) is 0 Å². The first-order valence-electron chi connectivity index (χ1n) is 19.0. The van der Waals surface area contributed by atoms with Crippen molar-refractivity contribution in [2.24, 2.45) is 0 Å². The molecule has 10 rings (SSSR count). The molecule has 1 aromatic heterocycles. The van der Waals surface area contributed by atoms with Gasteiger partial charge in [-0.2, -0.15) is 0 Å². The van der Waals surface area contributed by atoms with Crippen molar-refractivity contribution >= 4 is 10.8 Å². The van der Waals surface area contributed by atoms with Crippen LogP contribution in [0.1, 0.15) is 25.0 Å². The van der Waals surface area contributed by atoms with Gasteiger partial charge < -0.3 is 0 Å². The first-order chi connectivity index (χ1) is 27.0. The lowest BCUT2D eigenvalue weighted by Gasteiger charge is -2.23. The molecule has 9 aromatic rings. The van der Waals surface area contributed by atoms with Crippen LogP contribution in [-0.2, 0) is 5.41 Å². The number of rotatable bonds is 6. The van der Waals surface area contributed by atoms with Crippen molar-refractivity contribution in [2.75, 3.05) is 0 Å². The van der Waals surface area contributed by atoms with E-state index in [9.17, 15) is 0 Å². The summed E-state index contributed by atoms with van der Waals surface area (Å²) in [5.41, 5.74) is 17.6. The highest BCUT2D eigenvalue weighted by Gasteiger charge is 2.36. The van der Waals surface area contributed by atoms with Gasteiger partial charge in [0.25, 0.3) is 0 Å². The third-order valence-electron chi connectivity index (χ3n) is 11.3. The molecule has 260 valence electrons. The van der Waals surface area contributed by atoms with E-state index in [2.05, 4.69) is 172 Å². The maximum Gasteiger partial charge on any atom is 0.160 e. The van der Waals surface area contributed by atoms with Gasteiger partial charge in [-0.25, -0.2) is 9.97 Å². The molecule has 0 saturated heterocycles. The van der Waals surface area contributed by atoms with Gasteiger partial charge in [-0.3, -0.25) is 0 Å². The first kappa shape index (κ1) is 32.7. The van der Waals surface area contributed by atoms with Gasteiger partial charge in [0, 0.05) is 22.1 Å². The van der Waals surface area contributed by atoms with E-state index in [0.29, 0.717) is 0 Å². The summed E-state index contributed by atoms with van der Waals surface area (Å²) in [6, 6.07) is 69.7. The predicted molar refractivity (Wildman–Crippen MR) is 230 cm³/mol. The molecular weight excluding hydrogens is 665 g/mol. The van der Waals surface area contributed by atoms with E-state index in [1.165, 1.54) is 60.8 Å². The molecule has 2 heteroatoms. The van der Waals surface area contributed by atoms with Crippen LogP contribution >= 0.6 is 0 Å². The minimum absolute atomic E-state index is 0.0902. The fourth-order valence-electron chi connectivity index (χ4n) is 8.41. The topological polar surface area (TPSA) is 25.8 Å². The van der Waals surface area contributed by atoms with Crippen LogP contribution in [0.25, 0.3) is 89.2 Å². The molecule has 1 aliphatic carbocycles. The van der Waals surface area contributed by atoms with Crippen LogP contribution in [0.15, 0.2) is 194 Å². The monoisotopic (exact) mass is 702 g/mol. The van der Waals surface area contributed by atoms with Crippen molar-refractivity contribution in [1.82, 2.24) is 9.97 Å². The van der Waals surface area contributed by atoms with Crippen molar-refractivity contribution in [3.05, 3.63) is 205 Å². The molecule has 1 aliphatic rings. The molecule has 0 unspecified atom stereocenters. The second-order valence-corrected chi connectivity index (χ2v) is 15.0. The van der Waals surface area contributed by atoms with E-state index < -0.39 is 0 Å². The Hall–Kier alpha value is -6.90. The highest BCUT2D eigenvalue weighted by atomic mass is 14.9. The number of hydrogen-bond acceptors (Lipinski definition) is 2. The molecule has 0 aliphatic heterocycles. The van der Waals surface area contributed by atoms with Crippen LogP contribution in [0, 0.1) is 0 Å². The number of benzene rings is 8. The molecule has 0 saturated carbocycles. The summed E-state index contributed by atoms with van der Waals surface area (Å²) >= 11 is 0. The van der Waals surface area contributed by atoms with Crippen LogP contribution in [0.2, 0.25) is 0 Å². The van der Waals surface area contributed by atoms with E-state index in [-0.39, 0.29) is 5.41 Å². The zero-order valence-electron chi connectivity index (χ0n) is 30.9. The Labute approximate surface area is 322 Å². The Bertz CT molecular complexity index is 2790. The maximum absolute atomic E-state index is 5.04. The van der Waals surface area contributed by atoms with Gasteiger partial charge in [-0.1, -0.05) is 190 Å². The Morgan fingerprint density at radius 2 is 0.855 bits per heavy atom. The number of aromatic nitrogens is 2. The molecule has 0 atom stereocenters. The van der Waals surface area contributed by atoms with Gasteiger partial charge in [0.1, 0.15) is 0 Å². The van der Waals surface area contributed by atoms with Crippen LogP contribution in [0.3, 0.4) is 0 Å². The molecular formula is C53H38N2. The first-order valence-corrected chi connectivity index (χ1v) is 19.0. The quantitative estimate of drug-likeness (QED) is 0.172. The van der Waals surface area contributed by atoms with Gasteiger partial charge in [0.05, 0.1) is 11.4 Å². The predicted octanol–water partition coefficient (Wildman–Crippen LogP) is 13.9. The van der Waals surface area contributed by atoms with E-state index in [1.807, 2.05) is 36.4 Å².